The first-order chi connectivity index (χ1) is 13.2. The fourth-order valence-electron chi connectivity index (χ4n) is 3.47. The molecule has 1 aliphatic heterocycles. The number of furan rings is 1. The summed E-state index contributed by atoms with van der Waals surface area (Å²) in [6.45, 7) is 3.78. The molecule has 0 radical (unpaired) electrons. The van der Waals surface area contributed by atoms with Crippen LogP contribution in [0, 0.1) is 0 Å². The van der Waals surface area contributed by atoms with E-state index in [1.165, 1.54) is 0 Å². The van der Waals surface area contributed by atoms with Crippen LogP contribution in [0.5, 0.6) is 0 Å². The van der Waals surface area contributed by atoms with Crippen LogP contribution in [0.25, 0.3) is 0 Å². The third kappa shape index (κ3) is 5.40. The van der Waals surface area contributed by atoms with Gasteiger partial charge in [-0.25, -0.2) is 0 Å². The van der Waals surface area contributed by atoms with E-state index in [0.717, 1.165) is 11.1 Å². The van der Waals surface area contributed by atoms with Gasteiger partial charge in [-0.1, -0.05) is 0 Å². The normalized spacial score (nSPS) is 19.7. The number of carbonyl (C=O) groups is 2. The summed E-state index contributed by atoms with van der Waals surface area (Å²) in [7, 11) is 0. The lowest BCUT2D eigenvalue weighted by Crippen LogP contribution is -2.42. The first kappa shape index (κ1) is 19.1. The molecule has 1 aliphatic rings. The number of aromatic nitrogens is 1. The zero-order valence-corrected chi connectivity index (χ0v) is 15.6. The smallest absolute Gasteiger partial charge is 0.237 e. The monoisotopic (exact) mass is 370 g/mol. The third-order valence-corrected chi connectivity index (χ3v) is 4.78. The summed E-state index contributed by atoms with van der Waals surface area (Å²) >= 11 is 0. The second kappa shape index (κ2) is 9.32. The molecule has 3 rings (SSSR count). The number of amides is 2. The molecule has 0 saturated carbocycles. The lowest BCUT2D eigenvalue weighted by atomic mass is 10.1. The molecule has 2 atom stereocenters. The first-order valence-electron chi connectivity index (χ1n) is 9.36. The summed E-state index contributed by atoms with van der Waals surface area (Å²) in [6, 6.07) is 5.45. The third-order valence-electron chi connectivity index (χ3n) is 4.78. The van der Waals surface area contributed by atoms with Gasteiger partial charge in [0.2, 0.25) is 11.8 Å². The number of nitrogens with one attached hydrogen (secondary N) is 2. The lowest BCUT2D eigenvalue weighted by molar-refractivity contribution is -0.125. The Hall–Kier alpha value is -2.67. The quantitative estimate of drug-likeness (QED) is 0.735. The Balaban J connectivity index is 1.55. The molecule has 0 aromatic carbocycles. The van der Waals surface area contributed by atoms with Gasteiger partial charge in [-0.05, 0) is 43.5 Å². The minimum Gasteiger partial charge on any atom is -0.472 e. The zero-order valence-electron chi connectivity index (χ0n) is 15.6. The maximum absolute atomic E-state index is 12.4. The SMILES string of the molecule is CCNC(=O)[C@@H]1C[C@H](NC(=O)CCc2ccncc2)CN1Cc1ccoc1. The molecule has 1 fully saturated rings. The molecular formula is C20H26N4O3. The van der Waals surface area contributed by atoms with Gasteiger partial charge in [-0.3, -0.25) is 19.5 Å². The van der Waals surface area contributed by atoms with Gasteiger partial charge < -0.3 is 15.1 Å². The van der Waals surface area contributed by atoms with Gasteiger partial charge in [0.1, 0.15) is 0 Å². The fourth-order valence-corrected chi connectivity index (χ4v) is 3.47. The van der Waals surface area contributed by atoms with E-state index in [2.05, 4.69) is 20.5 Å². The Morgan fingerprint density at radius 3 is 2.78 bits per heavy atom. The number of carbonyl (C=O) groups excluding carboxylic acids is 2. The van der Waals surface area contributed by atoms with Gasteiger partial charge in [-0.15, -0.1) is 0 Å². The topological polar surface area (TPSA) is 87.5 Å². The molecule has 2 amide bonds. The highest BCUT2D eigenvalue weighted by Crippen LogP contribution is 2.21. The van der Waals surface area contributed by atoms with Crippen LogP contribution in [-0.4, -0.2) is 46.9 Å². The molecule has 27 heavy (non-hydrogen) atoms. The Morgan fingerprint density at radius 1 is 1.26 bits per heavy atom. The van der Waals surface area contributed by atoms with Gasteiger partial charge in [-0.2, -0.15) is 0 Å². The molecule has 3 heterocycles. The van der Waals surface area contributed by atoms with E-state index in [4.69, 9.17) is 4.42 Å². The maximum atomic E-state index is 12.4. The molecule has 7 nitrogen and oxygen atoms in total. The molecule has 0 aliphatic carbocycles. The molecule has 0 unspecified atom stereocenters. The number of nitrogens with zero attached hydrogens (tertiary/aromatic N) is 2. The molecular weight excluding hydrogens is 344 g/mol. The van der Waals surface area contributed by atoms with Crippen molar-refractivity contribution < 1.29 is 14.0 Å². The van der Waals surface area contributed by atoms with E-state index in [1.807, 2.05) is 25.1 Å². The maximum Gasteiger partial charge on any atom is 0.237 e. The Labute approximate surface area is 159 Å². The van der Waals surface area contributed by atoms with Crippen LogP contribution >= 0.6 is 0 Å². The highest BCUT2D eigenvalue weighted by Gasteiger charge is 2.37. The second-order valence-electron chi connectivity index (χ2n) is 6.83. The minimum absolute atomic E-state index is 0.00882. The zero-order chi connectivity index (χ0) is 19.1. The van der Waals surface area contributed by atoms with Gasteiger partial charge in [0, 0.05) is 50.1 Å². The van der Waals surface area contributed by atoms with Gasteiger partial charge in [0.15, 0.2) is 0 Å². The van der Waals surface area contributed by atoms with Gasteiger partial charge in [0.25, 0.3) is 0 Å². The van der Waals surface area contributed by atoms with E-state index < -0.39 is 0 Å². The van der Waals surface area contributed by atoms with Crippen molar-refractivity contribution >= 4 is 11.8 Å². The summed E-state index contributed by atoms with van der Waals surface area (Å²) in [5.74, 6) is 0.0196. The van der Waals surface area contributed by atoms with Crippen LogP contribution in [0.2, 0.25) is 0 Å². The van der Waals surface area contributed by atoms with Crippen molar-refractivity contribution in [3.8, 4) is 0 Å². The molecule has 144 valence electrons. The second-order valence-corrected chi connectivity index (χ2v) is 6.83. The van der Waals surface area contributed by atoms with E-state index in [-0.39, 0.29) is 23.9 Å². The highest BCUT2D eigenvalue weighted by molar-refractivity contribution is 5.82. The van der Waals surface area contributed by atoms with Crippen molar-refractivity contribution in [3.05, 3.63) is 54.2 Å². The summed E-state index contributed by atoms with van der Waals surface area (Å²) in [4.78, 5) is 30.9. The van der Waals surface area contributed by atoms with Crippen molar-refractivity contribution in [1.82, 2.24) is 20.5 Å². The number of likely N-dealkylation sites (N-methyl/N-ethyl adjacent to an activating group) is 1. The Bertz CT molecular complexity index is 733. The van der Waals surface area contributed by atoms with Crippen molar-refractivity contribution in [3.63, 3.8) is 0 Å². The van der Waals surface area contributed by atoms with Crippen LogP contribution < -0.4 is 10.6 Å². The van der Waals surface area contributed by atoms with Crippen molar-refractivity contribution in [1.29, 1.82) is 0 Å². The summed E-state index contributed by atoms with van der Waals surface area (Å²) in [6.07, 6.45) is 8.50. The predicted octanol–water partition coefficient (Wildman–Crippen LogP) is 1.50. The van der Waals surface area contributed by atoms with Crippen LogP contribution in [0.1, 0.15) is 30.9 Å². The summed E-state index contributed by atoms with van der Waals surface area (Å²) in [5, 5.41) is 5.98. The van der Waals surface area contributed by atoms with Crippen LogP contribution in [-0.2, 0) is 22.6 Å². The molecule has 2 aromatic heterocycles. The first-order valence-corrected chi connectivity index (χ1v) is 9.36. The van der Waals surface area contributed by atoms with Crippen molar-refractivity contribution in [2.75, 3.05) is 13.1 Å². The lowest BCUT2D eigenvalue weighted by Gasteiger charge is -2.22. The standard InChI is InChI=1S/C20H26N4O3/c1-2-22-20(26)18-11-17(13-24(18)12-16-7-10-27-14-16)23-19(25)4-3-15-5-8-21-9-6-15/h5-10,14,17-18H,2-4,11-13H2,1H3,(H,22,26)(H,23,25)/t17-,18-/m0/s1. The number of rotatable bonds is 8. The fraction of sp³-hybridized carbons (Fsp3) is 0.450. The van der Waals surface area contributed by atoms with E-state index in [9.17, 15) is 9.59 Å². The number of likely N-dealkylation sites (tertiary alicyclic amines) is 1. The molecule has 1 saturated heterocycles. The van der Waals surface area contributed by atoms with Crippen LogP contribution in [0.15, 0.2) is 47.5 Å². The van der Waals surface area contributed by atoms with Gasteiger partial charge in [0.05, 0.1) is 18.6 Å². The predicted molar refractivity (Wildman–Crippen MR) is 101 cm³/mol. The van der Waals surface area contributed by atoms with E-state index >= 15 is 0 Å². The average Bonchev–Trinajstić information content (AvgIpc) is 3.31. The molecule has 0 spiro atoms. The summed E-state index contributed by atoms with van der Waals surface area (Å²) < 4.78 is 5.13. The van der Waals surface area contributed by atoms with Crippen molar-refractivity contribution in [2.45, 2.75) is 44.8 Å². The molecule has 2 aromatic rings. The van der Waals surface area contributed by atoms with E-state index in [1.54, 1.807) is 24.9 Å². The molecule has 2 N–H and O–H groups in total. The number of hydrogen-bond acceptors (Lipinski definition) is 5. The summed E-state index contributed by atoms with van der Waals surface area (Å²) in [5.41, 5.74) is 2.11. The van der Waals surface area contributed by atoms with Gasteiger partial charge >= 0.3 is 0 Å². The van der Waals surface area contributed by atoms with Crippen LogP contribution in [0.3, 0.4) is 0 Å². The number of aryl methyl sites for hydroxylation is 1. The Kier molecular flexibility index (Phi) is 6.59. The van der Waals surface area contributed by atoms with Crippen LogP contribution in [0.4, 0.5) is 0 Å². The largest absolute Gasteiger partial charge is 0.472 e. The molecule has 0 bridgehead atoms. The van der Waals surface area contributed by atoms with Crippen molar-refractivity contribution in [2.24, 2.45) is 0 Å². The average molecular weight is 370 g/mol. The van der Waals surface area contributed by atoms with E-state index in [0.29, 0.717) is 38.9 Å². The number of pyridine rings is 1. The highest BCUT2D eigenvalue weighted by atomic mass is 16.3. The number of hydrogen-bond donors (Lipinski definition) is 2. The minimum atomic E-state index is -0.245. The Morgan fingerprint density at radius 2 is 2.07 bits per heavy atom. The molecule has 7 heteroatoms.